The number of nitrogens with zero attached hydrogens (tertiary/aromatic N) is 2. The van der Waals surface area contributed by atoms with E-state index in [1.165, 1.54) is 10.6 Å². The number of carboxylic acid groups (broad SMARTS) is 1. The lowest BCUT2D eigenvalue weighted by Crippen LogP contribution is -2.52. The molecule has 2 aliphatic rings. The molecule has 0 bridgehead atoms. The highest BCUT2D eigenvalue weighted by molar-refractivity contribution is 7.88. The van der Waals surface area contributed by atoms with E-state index in [-0.39, 0.29) is 6.61 Å². The van der Waals surface area contributed by atoms with Crippen LogP contribution in [0.3, 0.4) is 0 Å². The lowest BCUT2D eigenvalue weighted by Gasteiger charge is -2.37. The van der Waals surface area contributed by atoms with Gasteiger partial charge in [0.1, 0.15) is 6.04 Å². The molecule has 2 aliphatic heterocycles. The molecule has 8 heteroatoms. The molecule has 0 aromatic heterocycles. The van der Waals surface area contributed by atoms with Crippen molar-refractivity contribution in [3.05, 3.63) is 0 Å². The molecule has 20 heavy (non-hydrogen) atoms. The van der Waals surface area contributed by atoms with Crippen molar-refractivity contribution in [1.82, 2.24) is 9.21 Å². The van der Waals surface area contributed by atoms with Gasteiger partial charge in [-0.2, -0.15) is 0 Å². The van der Waals surface area contributed by atoms with Crippen molar-refractivity contribution in [3.63, 3.8) is 0 Å². The van der Waals surface area contributed by atoms with Gasteiger partial charge in [0, 0.05) is 26.2 Å². The Kier molecular flexibility index (Phi) is 5.00. The van der Waals surface area contributed by atoms with Crippen LogP contribution in [0.5, 0.6) is 0 Å². The second-order valence-corrected chi connectivity index (χ2v) is 7.51. The number of ether oxygens (including phenoxy) is 1. The number of aliphatic carboxylic acids is 1. The van der Waals surface area contributed by atoms with E-state index in [1.54, 1.807) is 0 Å². The maximum atomic E-state index is 11.4. The molecule has 0 radical (unpaired) electrons. The maximum absolute atomic E-state index is 11.4. The molecule has 0 aromatic carbocycles. The Labute approximate surface area is 119 Å². The van der Waals surface area contributed by atoms with Crippen molar-refractivity contribution >= 4 is 16.0 Å². The van der Waals surface area contributed by atoms with Crippen LogP contribution >= 0.6 is 0 Å². The summed E-state index contributed by atoms with van der Waals surface area (Å²) in [6, 6.07) is -0.573. The van der Waals surface area contributed by atoms with E-state index in [0.717, 1.165) is 12.8 Å². The third kappa shape index (κ3) is 3.91. The van der Waals surface area contributed by atoms with E-state index < -0.39 is 22.0 Å². The lowest BCUT2D eigenvalue weighted by atomic mass is 9.96. The average Bonchev–Trinajstić information content (AvgIpc) is 2.38. The molecule has 2 saturated heterocycles. The van der Waals surface area contributed by atoms with Crippen molar-refractivity contribution < 1.29 is 23.1 Å². The summed E-state index contributed by atoms with van der Waals surface area (Å²) in [5, 5.41) is 9.18. The number of morpholine rings is 1. The molecule has 2 rings (SSSR count). The first-order valence-corrected chi connectivity index (χ1v) is 8.72. The second kappa shape index (κ2) is 6.38. The predicted octanol–water partition coefficient (Wildman–Crippen LogP) is -0.557. The first-order valence-electron chi connectivity index (χ1n) is 6.87. The van der Waals surface area contributed by atoms with Crippen LogP contribution in [-0.4, -0.2) is 80.4 Å². The molecular formula is C12H22N2O5S. The Morgan fingerprint density at radius 2 is 1.95 bits per heavy atom. The molecule has 2 heterocycles. The summed E-state index contributed by atoms with van der Waals surface area (Å²) in [5.41, 5.74) is 0. The number of hydrogen-bond donors (Lipinski definition) is 1. The van der Waals surface area contributed by atoms with E-state index in [9.17, 15) is 18.3 Å². The van der Waals surface area contributed by atoms with E-state index >= 15 is 0 Å². The van der Waals surface area contributed by atoms with Crippen molar-refractivity contribution in [2.75, 3.05) is 45.6 Å². The zero-order valence-corrected chi connectivity index (χ0v) is 12.5. The van der Waals surface area contributed by atoms with Gasteiger partial charge in [0.2, 0.25) is 10.0 Å². The Hall–Kier alpha value is -0.700. The molecule has 0 aromatic rings. The van der Waals surface area contributed by atoms with Gasteiger partial charge in [-0.1, -0.05) is 0 Å². The minimum Gasteiger partial charge on any atom is -0.480 e. The van der Waals surface area contributed by atoms with Crippen LogP contribution in [0, 0.1) is 5.92 Å². The number of hydrogen-bond acceptors (Lipinski definition) is 5. The molecule has 0 aliphatic carbocycles. The van der Waals surface area contributed by atoms with Crippen molar-refractivity contribution in [2.45, 2.75) is 18.9 Å². The zero-order chi connectivity index (χ0) is 14.8. The molecule has 1 atom stereocenters. The third-order valence-corrected chi connectivity index (χ3v) is 5.36. The summed E-state index contributed by atoms with van der Waals surface area (Å²) in [7, 11) is -3.10. The molecule has 1 unspecified atom stereocenters. The average molecular weight is 306 g/mol. The molecule has 0 spiro atoms. The summed E-state index contributed by atoms with van der Waals surface area (Å²) in [6.07, 6.45) is 2.81. The molecule has 0 saturated carbocycles. The Bertz CT molecular complexity index is 445. The van der Waals surface area contributed by atoms with Crippen LogP contribution in [0.25, 0.3) is 0 Å². The van der Waals surface area contributed by atoms with Crippen LogP contribution in [0.15, 0.2) is 0 Å². The Morgan fingerprint density at radius 3 is 2.50 bits per heavy atom. The van der Waals surface area contributed by atoms with Gasteiger partial charge in [0.25, 0.3) is 0 Å². The summed E-state index contributed by atoms with van der Waals surface area (Å²) < 4.78 is 29.6. The SMILES string of the molecule is CS(=O)(=O)N1CCC(CN2CCOCC2C(=O)O)CC1. The van der Waals surface area contributed by atoms with Gasteiger partial charge < -0.3 is 9.84 Å². The largest absolute Gasteiger partial charge is 0.480 e. The Balaban J connectivity index is 1.87. The number of sulfonamides is 1. The fourth-order valence-corrected chi connectivity index (χ4v) is 3.71. The van der Waals surface area contributed by atoms with Crippen molar-refractivity contribution in [1.29, 1.82) is 0 Å². The minimum absolute atomic E-state index is 0.234. The number of carboxylic acids is 1. The first kappa shape index (κ1) is 15.7. The van der Waals surface area contributed by atoms with E-state index in [0.29, 0.717) is 38.7 Å². The van der Waals surface area contributed by atoms with Gasteiger partial charge in [0.05, 0.1) is 19.5 Å². The first-order chi connectivity index (χ1) is 9.38. The van der Waals surface area contributed by atoms with Crippen LogP contribution in [0.2, 0.25) is 0 Å². The van der Waals surface area contributed by atoms with Crippen molar-refractivity contribution in [3.8, 4) is 0 Å². The van der Waals surface area contributed by atoms with E-state index in [2.05, 4.69) is 0 Å². The highest BCUT2D eigenvalue weighted by Crippen LogP contribution is 2.22. The smallest absolute Gasteiger partial charge is 0.323 e. The highest BCUT2D eigenvalue weighted by Gasteiger charge is 2.32. The third-order valence-electron chi connectivity index (χ3n) is 4.06. The van der Waals surface area contributed by atoms with E-state index in [1.807, 2.05) is 4.90 Å². The maximum Gasteiger partial charge on any atom is 0.323 e. The molecule has 1 N–H and O–H groups in total. The molecule has 0 amide bonds. The number of rotatable bonds is 4. The quantitative estimate of drug-likeness (QED) is 0.749. The predicted molar refractivity (Wildman–Crippen MR) is 73.0 cm³/mol. The van der Waals surface area contributed by atoms with Crippen LogP contribution in [0.4, 0.5) is 0 Å². The molecule has 2 fully saturated rings. The zero-order valence-electron chi connectivity index (χ0n) is 11.7. The number of piperidine rings is 1. The van der Waals surface area contributed by atoms with Crippen LogP contribution < -0.4 is 0 Å². The minimum atomic E-state index is -3.10. The van der Waals surface area contributed by atoms with Gasteiger partial charge in [-0.05, 0) is 18.8 Å². The highest BCUT2D eigenvalue weighted by atomic mass is 32.2. The van der Waals surface area contributed by atoms with Crippen LogP contribution in [-0.2, 0) is 19.6 Å². The monoisotopic (exact) mass is 306 g/mol. The fraction of sp³-hybridized carbons (Fsp3) is 0.917. The Morgan fingerprint density at radius 1 is 1.30 bits per heavy atom. The van der Waals surface area contributed by atoms with Crippen molar-refractivity contribution in [2.24, 2.45) is 5.92 Å². The second-order valence-electron chi connectivity index (χ2n) is 5.53. The molecule has 116 valence electrons. The fourth-order valence-electron chi connectivity index (χ4n) is 2.84. The summed E-state index contributed by atoms with van der Waals surface area (Å²) >= 11 is 0. The van der Waals surface area contributed by atoms with Gasteiger partial charge in [-0.3, -0.25) is 9.69 Å². The van der Waals surface area contributed by atoms with Crippen LogP contribution in [0.1, 0.15) is 12.8 Å². The normalized spacial score (nSPS) is 27.6. The summed E-state index contributed by atoms with van der Waals surface area (Å²) in [6.45, 7) is 3.20. The van der Waals surface area contributed by atoms with Gasteiger partial charge in [-0.25, -0.2) is 12.7 Å². The molecular weight excluding hydrogens is 284 g/mol. The van der Waals surface area contributed by atoms with Gasteiger partial charge in [-0.15, -0.1) is 0 Å². The lowest BCUT2D eigenvalue weighted by molar-refractivity contribution is -0.150. The van der Waals surface area contributed by atoms with Gasteiger partial charge >= 0.3 is 5.97 Å². The van der Waals surface area contributed by atoms with Gasteiger partial charge in [0.15, 0.2) is 0 Å². The number of carbonyl (C=O) groups is 1. The summed E-state index contributed by atoms with van der Waals surface area (Å²) in [5.74, 6) is -0.494. The topological polar surface area (TPSA) is 87.2 Å². The molecule has 7 nitrogen and oxygen atoms in total. The summed E-state index contributed by atoms with van der Waals surface area (Å²) in [4.78, 5) is 13.1. The van der Waals surface area contributed by atoms with E-state index in [4.69, 9.17) is 4.74 Å². The standard InChI is InChI=1S/C12H22N2O5S/c1-20(17,18)14-4-2-10(3-5-14)8-13-6-7-19-9-11(13)12(15)16/h10-11H,2-9H2,1H3,(H,15,16).